The first kappa shape index (κ1) is 23.6. The van der Waals surface area contributed by atoms with Crippen LogP contribution in [0.15, 0.2) is 30.5 Å². The van der Waals surface area contributed by atoms with Gasteiger partial charge in [0, 0.05) is 25.1 Å². The fraction of sp³-hybridized carbons (Fsp3) is 0.500. The van der Waals surface area contributed by atoms with Crippen molar-refractivity contribution in [3.8, 4) is 11.4 Å². The molecule has 2 atom stereocenters. The number of alkyl halides is 4. The number of primary amides is 1. The molecule has 0 bridgehead atoms. The maximum Gasteiger partial charge on any atom is 0.573 e. The number of rotatable bonds is 6. The predicted molar refractivity (Wildman–Crippen MR) is 110 cm³/mol. The predicted octanol–water partition coefficient (Wildman–Crippen LogP) is 2.33. The lowest BCUT2D eigenvalue weighted by molar-refractivity contribution is -0.274. The van der Waals surface area contributed by atoms with Crippen LogP contribution in [0, 0.1) is 0 Å². The Morgan fingerprint density at radius 1 is 1.24 bits per heavy atom. The summed E-state index contributed by atoms with van der Waals surface area (Å²) in [6, 6.07) is 3.51. The van der Waals surface area contributed by atoms with E-state index in [1.165, 1.54) is 27.9 Å². The molecular formula is C20H23F4N7O3. The Labute approximate surface area is 191 Å². The molecular weight excluding hydrogens is 462 g/mol. The summed E-state index contributed by atoms with van der Waals surface area (Å²) in [6.07, 6.45) is -2.97. The lowest BCUT2D eigenvalue weighted by Crippen LogP contribution is -2.58. The lowest BCUT2D eigenvalue weighted by Gasteiger charge is -2.40. The van der Waals surface area contributed by atoms with Crippen molar-refractivity contribution < 1.29 is 31.9 Å². The topological polar surface area (TPSA) is 119 Å². The first-order valence-corrected chi connectivity index (χ1v) is 10.6. The molecule has 2 fully saturated rings. The summed E-state index contributed by atoms with van der Waals surface area (Å²) < 4.78 is 56.7. The van der Waals surface area contributed by atoms with Crippen LogP contribution in [0.1, 0.15) is 25.0 Å². The molecule has 10 nitrogen and oxygen atoms in total. The zero-order valence-electron chi connectivity index (χ0n) is 17.9. The number of nitrogens with two attached hydrogens (primary N) is 1. The van der Waals surface area contributed by atoms with E-state index in [4.69, 9.17) is 5.73 Å². The molecule has 4 rings (SSSR count). The number of piperidine rings is 1. The van der Waals surface area contributed by atoms with Crippen LogP contribution < -0.4 is 15.8 Å². The molecule has 1 saturated carbocycles. The number of likely N-dealkylation sites (tertiary alicyclic amines) is 1. The maximum absolute atomic E-state index is 14.2. The van der Waals surface area contributed by atoms with Gasteiger partial charge in [0.1, 0.15) is 17.6 Å². The molecule has 1 aliphatic carbocycles. The largest absolute Gasteiger partial charge is 0.573 e. The van der Waals surface area contributed by atoms with Crippen LogP contribution in [0.2, 0.25) is 0 Å². The van der Waals surface area contributed by atoms with Gasteiger partial charge >= 0.3 is 18.4 Å². The minimum atomic E-state index is -4.82. The number of hydrogen-bond acceptors (Lipinski definition) is 5. The molecule has 0 spiro atoms. The highest BCUT2D eigenvalue weighted by Gasteiger charge is 2.41. The van der Waals surface area contributed by atoms with Crippen LogP contribution in [0.25, 0.3) is 5.69 Å². The summed E-state index contributed by atoms with van der Waals surface area (Å²) in [5.74, 6) is -0.404. The van der Waals surface area contributed by atoms with Crippen molar-refractivity contribution in [3.05, 3.63) is 36.2 Å². The second kappa shape index (κ2) is 9.35. The van der Waals surface area contributed by atoms with Gasteiger partial charge in [-0.2, -0.15) is 0 Å². The Bertz CT molecular complexity index is 1040. The molecule has 2 heterocycles. The SMILES string of the molecule is NC(=O)N1CC(N(C(=O)NCc2cn(-c3cccc(OC(F)(F)F)c3)nn2)C2CC2)C[C@H](F)C1. The highest BCUT2D eigenvalue weighted by atomic mass is 19.4. The molecule has 0 radical (unpaired) electrons. The number of benzene rings is 1. The fourth-order valence-corrected chi connectivity index (χ4v) is 3.96. The number of carbonyl (C=O) groups excluding carboxylic acids is 2. The Kier molecular flexibility index (Phi) is 6.48. The Morgan fingerprint density at radius 2 is 2.00 bits per heavy atom. The van der Waals surface area contributed by atoms with E-state index >= 15 is 0 Å². The summed E-state index contributed by atoms with van der Waals surface area (Å²) >= 11 is 0. The van der Waals surface area contributed by atoms with E-state index in [9.17, 15) is 27.2 Å². The van der Waals surface area contributed by atoms with Crippen LogP contribution in [0.4, 0.5) is 27.2 Å². The van der Waals surface area contributed by atoms with Crippen molar-refractivity contribution in [2.24, 2.45) is 5.73 Å². The summed E-state index contributed by atoms with van der Waals surface area (Å²) in [5, 5.41) is 10.5. The average Bonchev–Trinajstić information content (AvgIpc) is 3.46. The van der Waals surface area contributed by atoms with Crippen LogP contribution in [0.3, 0.4) is 0 Å². The standard InChI is InChI=1S/C20H23F4N7O3/c21-12-6-16(11-29(9-12)18(25)32)31(14-4-5-14)19(33)26-8-13-10-30(28-27-13)15-2-1-3-17(7-15)34-20(22,23)24/h1-3,7,10,12,14,16H,4-6,8-9,11H2,(H2,25,32)(H,26,33)/t12-,16?/m0/s1. The average molecular weight is 485 g/mol. The molecule has 14 heteroatoms. The minimum absolute atomic E-state index is 0.00783. The second-order valence-corrected chi connectivity index (χ2v) is 8.23. The van der Waals surface area contributed by atoms with E-state index in [0.717, 1.165) is 25.0 Å². The molecule has 1 aliphatic heterocycles. The van der Waals surface area contributed by atoms with E-state index in [1.807, 2.05) is 0 Å². The van der Waals surface area contributed by atoms with Crippen LogP contribution in [-0.4, -0.2) is 74.6 Å². The third kappa shape index (κ3) is 5.85. The molecule has 2 aromatic rings. The van der Waals surface area contributed by atoms with Gasteiger partial charge in [0.2, 0.25) is 0 Å². The van der Waals surface area contributed by atoms with E-state index in [0.29, 0.717) is 5.69 Å². The van der Waals surface area contributed by atoms with Crippen LogP contribution >= 0.6 is 0 Å². The summed E-state index contributed by atoms with van der Waals surface area (Å²) in [6.45, 7) is 0.0581. The van der Waals surface area contributed by atoms with Gasteiger partial charge in [0.05, 0.1) is 31.0 Å². The van der Waals surface area contributed by atoms with Crippen LogP contribution in [-0.2, 0) is 6.54 Å². The van der Waals surface area contributed by atoms with Crippen molar-refractivity contribution in [1.29, 1.82) is 0 Å². The lowest BCUT2D eigenvalue weighted by atomic mass is 10.0. The van der Waals surface area contributed by atoms with Crippen molar-refractivity contribution in [2.75, 3.05) is 13.1 Å². The third-order valence-corrected chi connectivity index (χ3v) is 5.53. The Morgan fingerprint density at radius 3 is 2.68 bits per heavy atom. The maximum atomic E-state index is 14.2. The molecule has 2 aliphatic rings. The number of urea groups is 2. The number of halogens is 4. The Hall–Kier alpha value is -3.58. The molecule has 1 saturated heterocycles. The molecule has 1 unspecified atom stereocenters. The minimum Gasteiger partial charge on any atom is -0.406 e. The van der Waals surface area contributed by atoms with Crippen molar-refractivity contribution >= 4 is 12.1 Å². The molecule has 1 aromatic heterocycles. The quantitative estimate of drug-likeness (QED) is 0.609. The highest BCUT2D eigenvalue weighted by Crippen LogP contribution is 2.32. The van der Waals surface area contributed by atoms with E-state index in [2.05, 4.69) is 20.4 Å². The number of carbonyl (C=O) groups is 2. The van der Waals surface area contributed by atoms with E-state index < -0.39 is 36.4 Å². The van der Waals surface area contributed by atoms with Gasteiger partial charge in [-0.1, -0.05) is 11.3 Å². The first-order valence-electron chi connectivity index (χ1n) is 10.6. The van der Waals surface area contributed by atoms with Crippen molar-refractivity contribution in [2.45, 2.75) is 50.4 Å². The van der Waals surface area contributed by atoms with Gasteiger partial charge in [-0.25, -0.2) is 18.7 Å². The molecule has 1 aromatic carbocycles. The number of amides is 4. The number of hydrogen-bond donors (Lipinski definition) is 2. The summed E-state index contributed by atoms with van der Waals surface area (Å²) in [5.41, 5.74) is 5.95. The van der Waals surface area contributed by atoms with E-state index in [-0.39, 0.29) is 37.8 Å². The summed E-state index contributed by atoms with van der Waals surface area (Å²) in [7, 11) is 0. The van der Waals surface area contributed by atoms with Gasteiger partial charge in [-0.15, -0.1) is 18.3 Å². The highest BCUT2D eigenvalue weighted by molar-refractivity contribution is 5.76. The normalized spacial score (nSPS) is 20.6. The molecule has 34 heavy (non-hydrogen) atoms. The van der Waals surface area contributed by atoms with Gasteiger partial charge < -0.3 is 25.6 Å². The molecule has 184 valence electrons. The van der Waals surface area contributed by atoms with Gasteiger partial charge in [-0.05, 0) is 25.0 Å². The number of nitrogens with one attached hydrogen (secondary N) is 1. The van der Waals surface area contributed by atoms with Gasteiger partial charge in [0.15, 0.2) is 0 Å². The second-order valence-electron chi connectivity index (χ2n) is 8.23. The van der Waals surface area contributed by atoms with Gasteiger partial charge in [0.25, 0.3) is 0 Å². The zero-order chi connectivity index (χ0) is 24.5. The Balaban J connectivity index is 1.39. The summed E-state index contributed by atoms with van der Waals surface area (Å²) in [4.78, 5) is 27.2. The van der Waals surface area contributed by atoms with Crippen molar-refractivity contribution in [1.82, 2.24) is 30.1 Å². The number of ether oxygens (including phenoxy) is 1. The van der Waals surface area contributed by atoms with Crippen molar-refractivity contribution in [3.63, 3.8) is 0 Å². The molecule has 4 amide bonds. The fourth-order valence-electron chi connectivity index (χ4n) is 3.96. The zero-order valence-corrected chi connectivity index (χ0v) is 17.9. The smallest absolute Gasteiger partial charge is 0.406 e. The first-order chi connectivity index (χ1) is 16.1. The molecule has 3 N–H and O–H groups in total. The van der Waals surface area contributed by atoms with E-state index in [1.54, 1.807) is 4.90 Å². The van der Waals surface area contributed by atoms with Crippen LogP contribution in [0.5, 0.6) is 5.75 Å². The monoisotopic (exact) mass is 485 g/mol. The number of aromatic nitrogens is 3. The van der Waals surface area contributed by atoms with Gasteiger partial charge in [-0.3, -0.25) is 0 Å². The third-order valence-electron chi connectivity index (χ3n) is 5.53. The number of nitrogens with zero attached hydrogens (tertiary/aromatic N) is 5.